The van der Waals surface area contributed by atoms with Crippen molar-refractivity contribution in [2.24, 2.45) is 11.8 Å². The molecular weight excluding hydrogens is 836 g/mol. The van der Waals surface area contributed by atoms with Gasteiger partial charge in [0.05, 0.1) is 42.5 Å². The Morgan fingerprint density at radius 1 is 0.556 bits per heavy atom. The number of carbonyl (C=O) groups excluding carboxylic acids is 2. The first kappa shape index (κ1) is 52.3. The highest BCUT2D eigenvalue weighted by molar-refractivity contribution is 5.73. The van der Waals surface area contributed by atoms with Crippen LogP contribution >= 0.6 is 0 Å². The quantitative estimate of drug-likeness (QED) is 0.164. The number of rotatable bonds is 6. The first-order chi connectivity index (χ1) is 29.7. The lowest BCUT2D eigenvalue weighted by atomic mass is 9.95. The van der Waals surface area contributed by atoms with E-state index in [2.05, 4.69) is 0 Å². The number of esters is 2. The van der Waals surface area contributed by atoms with Gasteiger partial charge in [0, 0.05) is 6.42 Å². The Balaban J connectivity index is 1.59. The summed E-state index contributed by atoms with van der Waals surface area (Å²) in [7, 11) is 0. The van der Waals surface area contributed by atoms with Gasteiger partial charge < -0.3 is 88.2 Å². The van der Waals surface area contributed by atoms with Crippen molar-refractivity contribution in [2.75, 3.05) is 0 Å². The van der Waals surface area contributed by atoms with Crippen LogP contribution in [-0.2, 0) is 57.0 Å². The van der Waals surface area contributed by atoms with Crippen LogP contribution in [-0.4, -0.2) is 188 Å². The summed E-state index contributed by atoms with van der Waals surface area (Å²) in [6.07, 6.45) is -25.4. The largest absolute Gasteiger partial charge is 0.455 e. The molecular formula is C43H74O20. The molecule has 1 unspecified atom stereocenters. The van der Waals surface area contributed by atoms with Crippen molar-refractivity contribution in [3.05, 3.63) is 0 Å². The van der Waals surface area contributed by atoms with Crippen molar-refractivity contribution in [3.63, 3.8) is 0 Å². The van der Waals surface area contributed by atoms with Gasteiger partial charge in [-0.05, 0) is 60.3 Å². The van der Waals surface area contributed by atoms with Crippen LogP contribution in [0.15, 0.2) is 0 Å². The van der Waals surface area contributed by atoms with Crippen molar-refractivity contribution in [1.29, 1.82) is 0 Å². The molecule has 5 aliphatic rings. The molecule has 5 fully saturated rings. The summed E-state index contributed by atoms with van der Waals surface area (Å²) in [4.78, 5) is 26.9. The summed E-state index contributed by atoms with van der Waals surface area (Å²) in [5.74, 6) is -2.68. The standard InChI is InChI=1S/C43H74O20/c1-18(2)25-16-14-12-10-9-11-13-15-17-26(45)59-37-34(60-39(53)19(3)20(4)44)29(48)23(7)56-42(37)61-35-30(49)24(8)57-43(62-36-32(51)28(47)22(6)55-41(36)58-25)38(35)63-40-33(52)31(50)27(46)21(5)54-40/h18-25,27-38,40-44,46-52H,9-17H2,1-8H3/t19-,20+,21-,22-,23-,24+,25?,27+,28-,29-,30-,31-,32+,33-,34+,35+,36-,37-,38+,40+,41+,42+,43-/m1/s1. The number of aliphatic hydroxyl groups excluding tert-OH is 8. The minimum absolute atomic E-state index is 0.00483. The van der Waals surface area contributed by atoms with E-state index in [1.54, 1.807) is 6.92 Å². The predicted octanol–water partition coefficient (Wildman–Crippen LogP) is 0.0537. The second-order valence-electron chi connectivity index (χ2n) is 18.4. The molecule has 5 aliphatic heterocycles. The fraction of sp³-hybridized carbons (Fsp3) is 0.953. The normalized spacial score (nSPS) is 46.5. The molecule has 0 spiro atoms. The highest BCUT2D eigenvalue weighted by Crippen LogP contribution is 2.38. The van der Waals surface area contributed by atoms with Crippen LogP contribution in [0.3, 0.4) is 0 Å². The summed E-state index contributed by atoms with van der Waals surface area (Å²) in [6, 6.07) is 0. The maximum absolute atomic E-state index is 13.6. The van der Waals surface area contributed by atoms with Crippen molar-refractivity contribution < 1.29 is 97.8 Å². The zero-order chi connectivity index (χ0) is 46.4. The maximum Gasteiger partial charge on any atom is 0.311 e. The summed E-state index contributed by atoms with van der Waals surface area (Å²) < 4.78 is 61.8. The molecule has 5 rings (SSSR count). The van der Waals surface area contributed by atoms with E-state index in [4.69, 9.17) is 47.4 Å². The number of hydrogen-bond acceptors (Lipinski definition) is 20. The minimum atomic E-state index is -1.87. The SMILES string of the molecule is CC(C)C1CCCCCCCCCC(=O)O[C@H]2[C@H](O[C@H]3[C@H](O)[C@H](C)O[C@H](O[C@H]4[C@H](O1)O[C@H](C)[C@@H](O)[C@@H]4O)[C@H]3O[C@@H]1O[C@H](C)[C@H](O)[C@@H](O)[C@H]1O)O[C@H](C)[C@@H](O)[C@@H]2OC(=O)[C@H](C)[C@H](C)O. The number of ether oxygens (including phenoxy) is 10. The van der Waals surface area contributed by atoms with Crippen LogP contribution in [0.1, 0.15) is 113 Å². The van der Waals surface area contributed by atoms with Gasteiger partial charge in [-0.3, -0.25) is 9.59 Å². The molecule has 0 radical (unpaired) electrons. The van der Waals surface area contributed by atoms with E-state index in [9.17, 15) is 50.4 Å². The minimum Gasteiger partial charge on any atom is -0.455 e. The maximum atomic E-state index is 13.6. The summed E-state index contributed by atoms with van der Waals surface area (Å²) in [5.41, 5.74) is 0. The third-order valence-corrected chi connectivity index (χ3v) is 13.0. The Hall–Kier alpha value is -1.70. The van der Waals surface area contributed by atoms with Crippen LogP contribution in [0.5, 0.6) is 0 Å². The molecule has 0 aliphatic carbocycles. The predicted molar refractivity (Wildman–Crippen MR) is 216 cm³/mol. The van der Waals surface area contributed by atoms with Gasteiger partial charge in [-0.15, -0.1) is 0 Å². The third-order valence-electron chi connectivity index (χ3n) is 13.0. The molecule has 20 heteroatoms. The first-order valence-corrected chi connectivity index (χ1v) is 22.8. The van der Waals surface area contributed by atoms with Crippen molar-refractivity contribution in [2.45, 2.75) is 248 Å². The van der Waals surface area contributed by atoms with Crippen LogP contribution in [0, 0.1) is 11.8 Å². The Labute approximate surface area is 369 Å². The van der Waals surface area contributed by atoms with Gasteiger partial charge in [0.2, 0.25) is 0 Å². The fourth-order valence-electron chi connectivity index (χ4n) is 8.48. The lowest BCUT2D eigenvalue weighted by Gasteiger charge is -2.50. The summed E-state index contributed by atoms with van der Waals surface area (Å²) >= 11 is 0. The number of hydrogen-bond donors (Lipinski definition) is 8. The van der Waals surface area contributed by atoms with Gasteiger partial charge in [0.1, 0.15) is 61.0 Å². The second-order valence-corrected chi connectivity index (χ2v) is 18.4. The van der Waals surface area contributed by atoms with E-state index in [0.717, 1.165) is 38.5 Å². The zero-order valence-corrected chi connectivity index (χ0v) is 37.7. The van der Waals surface area contributed by atoms with E-state index in [-0.39, 0.29) is 18.4 Å². The zero-order valence-electron chi connectivity index (χ0n) is 37.7. The van der Waals surface area contributed by atoms with Crippen LogP contribution < -0.4 is 0 Å². The van der Waals surface area contributed by atoms with E-state index >= 15 is 0 Å². The number of carbonyl (C=O) groups is 2. The Bertz CT molecular complexity index is 1420. The molecule has 366 valence electrons. The monoisotopic (exact) mass is 910 g/mol. The molecule has 0 amide bonds. The molecule has 5 heterocycles. The van der Waals surface area contributed by atoms with Gasteiger partial charge in [-0.1, -0.05) is 52.4 Å². The van der Waals surface area contributed by atoms with Crippen molar-refractivity contribution in [3.8, 4) is 0 Å². The lowest BCUT2D eigenvalue weighted by molar-refractivity contribution is -0.406. The summed E-state index contributed by atoms with van der Waals surface area (Å²) in [5, 5.41) is 88.5. The molecule has 8 N–H and O–H groups in total. The Kier molecular flexibility index (Phi) is 19.4. The molecule has 0 aromatic rings. The van der Waals surface area contributed by atoms with Crippen LogP contribution in [0.2, 0.25) is 0 Å². The van der Waals surface area contributed by atoms with Gasteiger partial charge in [-0.25, -0.2) is 0 Å². The Morgan fingerprint density at radius 2 is 1.08 bits per heavy atom. The van der Waals surface area contributed by atoms with Crippen LogP contribution in [0.25, 0.3) is 0 Å². The first-order valence-electron chi connectivity index (χ1n) is 22.8. The van der Waals surface area contributed by atoms with Gasteiger partial charge in [0.25, 0.3) is 0 Å². The van der Waals surface area contributed by atoms with Gasteiger partial charge >= 0.3 is 11.9 Å². The highest BCUT2D eigenvalue weighted by Gasteiger charge is 2.57. The molecule has 5 saturated heterocycles. The molecule has 63 heavy (non-hydrogen) atoms. The Morgan fingerprint density at radius 3 is 1.71 bits per heavy atom. The molecule has 0 aromatic carbocycles. The smallest absolute Gasteiger partial charge is 0.311 e. The second kappa shape index (κ2) is 23.3. The van der Waals surface area contributed by atoms with Crippen LogP contribution in [0.4, 0.5) is 0 Å². The average Bonchev–Trinajstić information content (AvgIpc) is 3.23. The molecule has 20 nitrogen and oxygen atoms in total. The lowest BCUT2D eigenvalue weighted by Crippen LogP contribution is -2.68. The number of aliphatic hydroxyl groups is 8. The van der Waals surface area contributed by atoms with Gasteiger partial charge in [0.15, 0.2) is 37.4 Å². The third kappa shape index (κ3) is 12.8. The van der Waals surface area contributed by atoms with Crippen molar-refractivity contribution in [1.82, 2.24) is 0 Å². The van der Waals surface area contributed by atoms with E-state index in [1.165, 1.54) is 34.6 Å². The molecule has 23 atom stereocenters. The van der Waals surface area contributed by atoms with E-state index in [1.807, 2.05) is 13.8 Å². The molecule has 2 bridgehead atoms. The van der Waals surface area contributed by atoms with Crippen molar-refractivity contribution >= 4 is 11.9 Å². The molecule has 0 saturated carbocycles. The average molecular weight is 911 g/mol. The number of fused-ring (bicyclic) bond motifs is 4. The fourth-order valence-corrected chi connectivity index (χ4v) is 8.48. The topological polar surface area (TPSA) is 288 Å². The highest BCUT2D eigenvalue weighted by atomic mass is 16.8. The summed E-state index contributed by atoms with van der Waals surface area (Å²) in [6.45, 7) is 12.7. The van der Waals surface area contributed by atoms with Gasteiger partial charge in [-0.2, -0.15) is 0 Å². The van der Waals surface area contributed by atoms with E-state index < -0.39 is 147 Å². The van der Waals surface area contributed by atoms with E-state index in [0.29, 0.717) is 12.8 Å². The molecule has 0 aromatic heterocycles.